The maximum atomic E-state index is 11.5. The van der Waals surface area contributed by atoms with Gasteiger partial charge >= 0.3 is 5.97 Å². The molecule has 92 valence electrons. The molecular weight excluding hydrogens is 228 g/mol. The van der Waals surface area contributed by atoms with Gasteiger partial charge in [-0.15, -0.1) is 0 Å². The van der Waals surface area contributed by atoms with Gasteiger partial charge in [0.2, 0.25) is 0 Å². The van der Waals surface area contributed by atoms with Crippen LogP contribution in [0.3, 0.4) is 0 Å². The van der Waals surface area contributed by atoms with E-state index in [0.717, 1.165) is 11.3 Å². The number of benzene rings is 1. The van der Waals surface area contributed by atoms with E-state index < -0.39 is 0 Å². The van der Waals surface area contributed by atoms with Gasteiger partial charge in [0.25, 0.3) is 0 Å². The van der Waals surface area contributed by atoms with Crippen LogP contribution < -0.4 is 0 Å². The topological polar surface area (TPSA) is 52.1 Å². The fourth-order valence-corrected chi connectivity index (χ4v) is 1.56. The summed E-state index contributed by atoms with van der Waals surface area (Å²) in [5.74, 6) is 0.347. The molecule has 0 N–H and O–H groups in total. The number of carbonyl (C=O) groups excluding carboxylic acids is 1. The first-order valence-electron chi connectivity index (χ1n) is 5.78. The zero-order valence-corrected chi connectivity index (χ0v) is 10.4. The standard InChI is InChI=1S/C14H14N2O2/c1-3-18-14(17)12-6-4-11(5-7-12)13-15-9-8-10(2)16-13/h4-9H,3H2,1-2H3. The summed E-state index contributed by atoms with van der Waals surface area (Å²) in [5, 5.41) is 0. The van der Waals surface area contributed by atoms with Crippen molar-refractivity contribution in [3.63, 3.8) is 0 Å². The molecule has 0 saturated carbocycles. The number of hydrogen-bond acceptors (Lipinski definition) is 4. The van der Waals surface area contributed by atoms with E-state index in [-0.39, 0.29) is 5.97 Å². The number of carbonyl (C=O) groups is 1. The van der Waals surface area contributed by atoms with Crippen molar-refractivity contribution in [1.29, 1.82) is 0 Å². The van der Waals surface area contributed by atoms with Crippen LogP contribution in [-0.4, -0.2) is 22.5 Å². The average Bonchev–Trinajstić information content (AvgIpc) is 2.39. The SMILES string of the molecule is CCOC(=O)c1ccc(-c2nccc(C)n2)cc1. The van der Waals surface area contributed by atoms with E-state index in [9.17, 15) is 4.79 Å². The first-order valence-corrected chi connectivity index (χ1v) is 5.78. The molecule has 1 aromatic carbocycles. The highest BCUT2D eigenvalue weighted by Gasteiger charge is 2.07. The van der Waals surface area contributed by atoms with Gasteiger partial charge in [-0.1, -0.05) is 12.1 Å². The molecule has 0 aliphatic heterocycles. The van der Waals surface area contributed by atoms with Crippen LogP contribution in [0, 0.1) is 6.92 Å². The molecule has 1 heterocycles. The Hall–Kier alpha value is -2.23. The van der Waals surface area contributed by atoms with Crippen LogP contribution in [-0.2, 0) is 4.74 Å². The predicted octanol–water partition coefficient (Wildman–Crippen LogP) is 2.63. The van der Waals surface area contributed by atoms with Crippen molar-refractivity contribution in [3.05, 3.63) is 47.8 Å². The molecule has 18 heavy (non-hydrogen) atoms. The molecule has 4 nitrogen and oxygen atoms in total. The van der Waals surface area contributed by atoms with Crippen molar-refractivity contribution in [2.24, 2.45) is 0 Å². The summed E-state index contributed by atoms with van der Waals surface area (Å²) in [4.78, 5) is 20.0. The van der Waals surface area contributed by atoms with E-state index in [1.165, 1.54) is 0 Å². The molecule has 0 bridgehead atoms. The van der Waals surface area contributed by atoms with Gasteiger partial charge in [-0.3, -0.25) is 0 Å². The summed E-state index contributed by atoms with van der Waals surface area (Å²) in [5.41, 5.74) is 2.33. The number of ether oxygens (including phenoxy) is 1. The van der Waals surface area contributed by atoms with E-state index in [2.05, 4.69) is 9.97 Å². The number of hydrogen-bond donors (Lipinski definition) is 0. The monoisotopic (exact) mass is 242 g/mol. The molecular formula is C14H14N2O2. The molecule has 0 radical (unpaired) electrons. The number of esters is 1. The zero-order valence-electron chi connectivity index (χ0n) is 10.4. The average molecular weight is 242 g/mol. The highest BCUT2D eigenvalue weighted by atomic mass is 16.5. The Balaban J connectivity index is 2.25. The summed E-state index contributed by atoms with van der Waals surface area (Å²) in [6.45, 7) is 4.08. The van der Waals surface area contributed by atoms with E-state index in [1.807, 2.05) is 25.1 Å². The molecule has 1 aromatic heterocycles. The van der Waals surface area contributed by atoms with Crippen molar-refractivity contribution in [1.82, 2.24) is 9.97 Å². The third-order valence-electron chi connectivity index (χ3n) is 2.45. The Morgan fingerprint density at radius 1 is 1.22 bits per heavy atom. The summed E-state index contributed by atoms with van der Waals surface area (Å²) < 4.78 is 4.92. The lowest BCUT2D eigenvalue weighted by atomic mass is 10.1. The van der Waals surface area contributed by atoms with Crippen LogP contribution in [0.25, 0.3) is 11.4 Å². The van der Waals surface area contributed by atoms with Crippen molar-refractivity contribution in [3.8, 4) is 11.4 Å². The molecule has 2 aromatic rings. The third-order valence-corrected chi connectivity index (χ3v) is 2.45. The second-order valence-electron chi connectivity index (χ2n) is 3.82. The Bertz CT molecular complexity index is 550. The Morgan fingerprint density at radius 3 is 2.56 bits per heavy atom. The van der Waals surface area contributed by atoms with Gasteiger partial charge < -0.3 is 4.74 Å². The van der Waals surface area contributed by atoms with Gasteiger partial charge in [0.05, 0.1) is 12.2 Å². The first-order chi connectivity index (χ1) is 8.70. The Morgan fingerprint density at radius 2 is 1.94 bits per heavy atom. The lowest BCUT2D eigenvalue weighted by Gasteiger charge is -2.03. The normalized spacial score (nSPS) is 10.1. The van der Waals surface area contributed by atoms with E-state index in [0.29, 0.717) is 18.0 Å². The van der Waals surface area contributed by atoms with Gasteiger partial charge in [-0.05, 0) is 32.0 Å². The lowest BCUT2D eigenvalue weighted by Crippen LogP contribution is -2.04. The number of nitrogens with zero attached hydrogens (tertiary/aromatic N) is 2. The minimum absolute atomic E-state index is 0.311. The van der Waals surface area contributed by atoms with Crippen LogP contribution in [0.5, 0.6) is 0 Å². The number of aryl methyl sites for hydroxylation is 1. The molecule has 0 saturated heterocycles. The van der Waals surface area contributed by atoms with Crippen molar-refractivity contribution >= 4 is 5.97 Å². The lowest BCUT2D eigenvalue weighted by molar-refractivity contribution is 0.0526. The molecule has 2 rings (SSSR count). The fourth-order valence-electron chi connectivity index (χ4n) is 1.56. The zero-order chi connectivity index (χ0) is 13.0. The second kappa shape index (κ2) is 5.40. The minimum atomic E-state index is -0.311. The van der Waals surface area contributed by atoms with Crippen LogP contribution in [0.2, 0.25) is 0 Å². The molecule has 0 aliphatic carbocycles. The van der Waals surface area contributed by atoms with Crippen molar-refractivity contribution in [2.45, 2.75) is 13.8 Å². The van der Waals surface area contributed by atoms with Crippen LogP contribution in [0.1, 0.15) is 23.0 Å². The van der Waals surface area contributed by atoms with Crippen LogP contribution in [0.15, 0.2) is 36.5 Å². The highest BCUT2D eigenvalue weighted by molar-refractivity contribution is 5.89. The van der Waals surface area contributed by atoms with Gasteiger partial charge in [-0.2, -0.15) is 0 Å². The molecule has 0 unspecified atom stereocenters. The van der Waals surface area contributed by atoms with Crippen LogP contribution in [0.4, 0.5) is 0 Å². The Labute approximate surface area is 106 Å². The van der Waals surface area contributed by atoms with Gasteiger partial charge in [0.1, 0.15) is 0 Å². The summed E-state index contributed by atoms with van der Waals surface area (Å²) in [6.07, 6.45) is 1.72. The molecule has 4 heteroatoms. The smallest absolute Gasteiger partial charge is 0.338 e. The quantitative estimate of drug-likeness (QED) is 0.776. The maximum Gasteiger partial charge on any atom is 0.338 e. The van der Waals surface area contributed by atoms with E-state index >= 15 is 0 Å². The van der Waals surface area contributed by atoms with Gasteiger partial charge in [0, 0.05) is 17.5 Å². The van der Waals surface area contributed by atoms with E-state index in [4.69, 9.17) is 4.74 Å². The molecule has 0 fully saturated rings. The van der Waals surface area contributed by atoms with Crippen molar-refractivity contribution < 1.29 is 9.53 Å². The highest BCUT2D eigenvalue weighted by Crippen LogP contribution is 2.15. The Kier molecular flexibility index (Phi) is 3.67. The number of aromatic nitrogens is 2. The van der Waals surface area contributed by atoms with Gasteiger partial charge in [0.15, 0.2) is 5.82 Å². The van der Waals surface area contributed by atoms with Crippen molar-refractivity contribution in [2.75, 3.05) is 6.61 Å². The second-order valence-corrected chi connectivity index (χ2v) is 3.82. The molecule has 0 amide bonds. The maximum absolute atomic E-state index is 11.5. The molecule has 0 atom stereocenters. The fraction of sp³-hybridized carbons (Fsp3) is 0.214. The van der Waals surface area contributed by atoms with Crippen LogP contribution >= 0.6 is 0 Å². The molecule has 0 aliphatic rings. The molecule has 0 spiro atoms. The largest absolute Gasteiger partial charge is 0.462 e. The summed E-state index contributed by atoms with van der Waals surface area (Å²) in [6, 6.07) is 8.93. The minimum Gasteiger partial charge on any atom is -0.462 e. The predicted molar refractivity (Wildman–Crippen MR) is 68.2 cm³/mol. The first kappa shape index (κ1) is 12.2. The summed E-state index contributed by atoms with van der Waals surface area (Å²) >= 11 is 0. The van der Waals surface area contributed by atoms with Gasteiger partial charge in [-0.25, -0.2) is 14.8 Å². The number of rotatable bonds is 3. The summed E-state index contributed by atoms with van der Waals surface area (Å²) in [7, 11) is 0. The third kappa shape index (κ3) is 2.71. The van der Waals surface area contributed by atoms with E-state index in [1.54, 1.807) is 25.3 Å².